The average Bonchev–Trinajstić information content (AvgIpc) is 2.84. The van der Waals surface area contributed by atoms with Gasteiger partial charge in [0.1, 0.15) is 0 Å². The summed E-state index contributed by atoms with van der Waals surface area (Å²) < 4.78 is 0. The van der Waals surface area contributed by atoms with Gasteiger partial charge in [0, 0.05) is 48.7 Å². The Labute approximate surface area is 198 Å². The van der Waals surface area contributed by atoms with Crippen LogP contribution in [-0.4, -0.2) is 48.9 Å². The normalized spacial score (nSPS) is 13.5. The number of rotatable bonds is 6. The number of aryl methyl sites for hydroxylation is 1. The minimum atomic E-state index is -1.09. The molecule has 0 aromatic heterocycles. The Bertz CT molecular complexity index is 1230. The van der Waals surface area contributed by atoms with Gasteiger partial charge in [-0.15, -0.1) is 0 Å². The van der Waals surface area contributed by atoms with Gasteiger partial charge < -0.3 is 20.2 Å². The number of nitrogens with zero attached hydrogens (tertiary/aromatic N) is 2. The summed E-state index contributed by atoms with van der Waals surface area (Å²) in [7, 11) is 0. The SMILES string of the molecule is CC(=O)c1ccc(N2CCN(c3ccc(NC(=O)c4cccc(C)c4)c(C(=O)O)c3)CC2)cc1. The summed E-state index contributed by atoms with van der Waals surface area (Å²) in [6.45, 7) is 6.44. The highest BCUT2D eigenvalue weighted by atomic mass is 16.4. The number of hydrogen-bond acceptors (Lipinski definition) is 5. The van der Waals surface area contributed by atoms with Crippen molar-refractivity contribution in [2.24, 2.45) is 0 Å². The number of carboxylic acid groups (broad SMARTS) is 1. The topological polar surface area (TPSA) is 90.0 Å². The number of amides is 1. The molecule has 0 aliphatic carbocycles. The molecule has 0 spiro atoms. The first-order valence-electron chi connectivity index (χ1n) is 11.2. The van der Waals surface area contributed by atoms with Gasteiger partial charge in [0.05, 0.1) is 11.3 Å². The Morgan fingerprint density at radius 3 is 2.00 bits per heavy atom. The zero-order chi connectivity index (χ0) is 24.2. The minimum absolute atomic E-state index is 0.0455. The first-order chi connectivity index (χ1) is 16.3. The maximum atomic E-state index is 12.6. The van der Waals surface area contributed by atoms with Crippen LogP contribution in [0, 0.1) is 6.92 Å². The number of hydrogen-bond donors (Lipinski definition) is 2. The van der Waals surface area contributed by atoms with Crippen molar-refractivity contribution >= 4 is 34.7 Å². The molecule has 3 aromatic carbocycles. The molecule has 34 heavy (non-hydrogen) atoms. The molecule has 4 rings (SSSR count). The molecule has 1 aliphatic heterocycles. The van der Waals surface area contributed by atoms with Gasteiger partial charge >= 0.3 is 5.97 Å². The predicted octanol–water partition coefficient (Wildman–Crippen LogP) is 4.47. The van der Waals surface area contributed by atoms with Crippen LogP contribution < -0.4 is 15.1 Å². The van der Waals surface area contributed by atoms with E-state index in [1.807, 2.05) is 43.3 Å². The van der Waals surface area contributed by atoms with E-state index in [2.05, 4.69) is 15.1 Å². The van der Waals surface area contributed by atoms with Crippen LogP contribution in [0.1, 0.15) is 43.6 Å². The minimum Gasteiger partial charge on any atom is -0.478 e. The van der Waals surface area contributed by atoms with E-state index in [4.69, 9.17) is 0 Å². The molecular formula is C27H27N3O4. The van der Waals surface area contributed by atoms with Crippen molar-refractivity contribution in [2.45, 2.75) is 13.8 Å². The molecule has 1 fully saturated rings. The van der Waals surface area contributed by atoms with Crippen molar-refractivity contribution in [1.82, 2.24) is 0 Å². The number of benzene rings is 3. The number of carbonyl (C=O) groups is 3. The van der Waals surface area contributed by atoms with Crippen LogP contribution in [0.25, 0.3) is 0 Å². The summed E-state index contributed by atoms with van der Waals surface area (Å²) in [5.74, 6) is -1.39. The van der Waals surface area contributed by atoms with Crippen LogP contribution in [0.4, 0.5) is 17.1 Å². The number of Topliss-reactive ketones (excluding diaryl/α,β-unsaturated/α-hetero) is 1. The third-order valence-corrected chi connectivity index (χ3v) is 6.05. The van der Waals surface area contributed by atoms with Crippen LogP contribution >= 0.6 is 0 Å². The highest BCUT2D eigenvalue weighted by Crippen LogP contribution is 2.26. The van der Waals surface area contributed by atoms with E-state index in [-0.39, 0.29) is 22.9 Å². The van der Waals surface area contributed by atoms with E-state index in [1.165, 1.54) is 0 Å². The molecule has 0 atom stereocenters. The van der Waals surface area contributed by atoms with Crippen LogP contribution in [0.2, 0.25) is 0 Å². The van der Waals surface area contributed by atoms with Gasteiger partial charge in [-0.05, 0) is 68.4 Å². The van der Waals surface area contributed by atoms with Gasteiger partial charge in [0.15, 0.2) is 5.78 Å². The Morgan fingerprint density at radius 2 is 1.41 bits per heavy atom. The number of nitrogens with one attached hydrogen (secondary N) is 1. The Morgan fingerprint density at radius 1 is 0.794 bits per heavy atom. The molecule has 7 nitrogen and oxygen atoms in total. The number of carbonyl (C=O) groups excluding carboxylic acids is 2. The van der Waals surface area contributed by atoms with Gasteiger partial charge in [-0.25, -0.2) is 4.79 Å². The average molecular weight is 458 g/mol. The molecule has 2 N–H and O–H groups in total. The van der Waals surface area contributed by atoms with Gasteiger partial charge in [-0.2, -0.15) is 0 Å². The smallest absolute Gasteiger partial charge is 0.337 e. The Hall–Kier alpha value is -4.13. The highest BCUT2D eigenvalue weighted by Gasteiger charge is 2.21. The van der Waals surface area contributed by atoms with Gasteiger partial charge in [-0.1, -0.05) is 17.7 Å². The Balaban J connectivity index is 1.45. The Kier molecular flexibility index (Phi) is 6.63. The summed E-state index contributed by atoms with van der Waals surface area (Å²) in [5, 5.41) is 12.5. The lowest BCUT2D eigenvalue weighted by Gasteiger charge is -2.37. The van der Waals surface area contributed by atoms with Crippen molar-refractivity contribution in [3.05, 3.63) is 89.0 Å². The number of carboxylic acids is 1. The lowest BCUT2D eigenvalue weighted by Crippen LogP contribution is -2.46. The largest absolute Gasteiger partial charge is 0.478 e. The molecule has 0 bridgehead atoms. The fourth-order valence-electron chi connectivity index (χ4n) is 4.13. The van der Waals surface area contributed by atoms with Gasteiger partial charge in [-0.3, -0.25) is 9.59 Å². The monoisotopic (exact) mass is 457 g/mol. The van der Waals surface area contributed by atoms with Gasteiger partial charge in [0.2, 0.25) is 0 Å². The second-order valence-corrected chi connectivity index (χ2v) is 8.44. The molecule has 1 saturated heterocycles. The van der Waals surface area contributed by atoms with Crippen molar-refractivity contribution in [3.63, 3.8) is 0 Å². The van der Waals surface area contributed by atoms with E-state index in [1.54, 1.807) is 37.3 Å². The number of aromatic carboxylic acids is 1. The molecule has 1 amide bonds. The van der Waals surface area contributed by atoms with Crippen LogP contribution in [-0.2, 0) is 0 Å². The first-order valence-corrected chi connectivity index (χ1v) is 11.2. The van der Waals surface area contributed by atoms with Crippen LogP contribution in [0.5, 0.6) is 0 Å². The predicted molar refractivity (Wildman–Crippen MR) is 133 cm³/mol. The number of anilines is 3. The van der Waals surface area contributed by atoms with Crippen LogP contribution in [0.15, 0.2) is 66.7 Å². The third-order valence-electron chi connectivity index (χ3n) is 6.05. The second kappa shape index (κ2) is 9.79. The molecule has 0 saturated carbocycles. The molecule has 1 aliphatic rings. The van der Waals surface area contributed by atoms with Crippen molar-refractivity contribution in [3.8, 4) is 0 Å². The molecule has 0 unspecified atom stereocenters. The van der Waals surface area contributed by atoms with E-state index >= 15 is 0 Å². The highest BCUT2D eigenvalue weighted by molar-refractivity contribution is 6.08. The van der Waals surface area contributed by atoms with E-state index in [0.717, 1.165) is 43.1 Å². The van der Waals surface area contributed by atoms with Crippen molar-refractivity contribution < 1.29 is 19.5 Å². The summed E-state index contributed by atoms with van der Waals surface area (Å²) in [5.41, 5.74) is 4.32. The molecule has 7 heteroatoms. The summed E-state index contributed by atoms with van der Waals surface area (Å²) in [4.78, 5) is 40.4. The lowest BCUT2D eigenvalue weighted by molar-refractivity contribution is 0.0697. The molecule has 3 aromatic rings. The fourth-order valence-corrected chi connectivity index (χ4v) is 4.13. The molecule has 1 heterocycles. The molecular weight excluding hydrogens is 430 g/mol. The second-order valence-electron chi connectivity index (χ2n) is 8.44. The zero-order valence-electron chi connectivity index (χ0n) is 19.2. The maximum absolute atomic E-state index is 12.6. The lowest BCUT2D eigenvalue weighted by atomic mass is 10.1. The standard InChI is InChI=1S/C27H27N3O4/c1-18-4-3-5-21(16-18)26(32)28-25-11-10-23(17-24(25)27(33)34)30-14-12-29(13-15-30)22-8-6-20(7-9-22)19(2)31/h3-11,16-17H,12-15H2,1-2H3,(H,28,32)(H,33,34). The van der Waals surface area contributed by atoms with E-state index in [0.29, 0.717) is 11.1 Å². The molecule has 0 radical (unpaired) electrons. The van der Waals surface area contributed by atoms with Crippen molar-refractivity contribution in [2.75, 3.05) is 41.3 Å². The summed E-state index contributed by atoms with van der Waals surface area (Å²) >= 11 is 0. The maximum Gasteiger partial charge on any atom is 0.337 e. The fraction of sp³-hybridized carbons (Fsp3) is 0.222. The van der Waals surface area contributed by atoms with Crippen molar-refractivity contribution in [1.29, 1.82) is 0 Å². The first kappa shape index (κ1) is 23.0. The molecule has 174 valence electrons. The number of ketones is 1. The zero-order valence-corrected chi connectivity index (χ0v) is 19.2. The van der Waals surface area contributed by atoms with E-state index in [9.17, 15) is 19.5 Å². The number of piperazine rings is 1. The van der Waals surface area contributed by atoms with Gasteiger partial charge in [0.25, 0.3) is 5.91 Å². The summed E-state index contributed by atoms with van der Waals surface area (Å²) in [6.07, 6.45) is 0. The quantitative estimate of drug-likeness (QED) is 0.531. The van der Waals surface area contributed by atoms with E-state index < -0.39 is 5.97 Å². The third kappa shape index (κ3) is 5.09. The summed E-state index contributed by atoms with van der Waals surface area (Å²) in [6, 6.07) is 19.9. The van der Waals surface area contributed by atoms with Crippen LogP contribution in [0.3, 0.4) is 0 Å².